The van der Waals surface area contributed by atoms with Gasteiger partial charge in [-0.05, 0) is 83.8 Å². The fourth-order valence-electron chi connectivity index (χ4n) is 4.20. The van der Waals surface area contributed by atoms with Crippen molar-refractivity contribution >= 4 is 28.7 Å². The maximum Gasteiger partial charge on any atom is 0.115 e. The van der Waals surface area contributed by atoms with E-state index in [1.54, 1.807) is 12.1 Å². The molecule has 35 heavy (non-hydrogen) atoms. The predicted octanol–water partition coefficient (Wildman–Crippen LogP) is 8.76. The number of rotatable bonds is 6. The smallest absolute Gasteiger partial charge is 0.115 e. The topological polar surface area (TPSA) is 23.5 Å². The Morgan fingerprint density at radius 3 is 1.46 bits per heavy atom. The molecule has 170 valence electrons. The number of aromatic hydroxyl groups is 1. The van der Waals surface area contributed by atoms with Gasteiger partial charge < -0.3 is 10.0 Å². The number of phenolic OH excluding ortho intramolecular Hbond substituents is 1. The van der Waals surface area contributed by atoms with E-state index in [0.29, 0.717) is 0 Å². The van der Waals surface area contributed by atoms with Crippen molar-refractivity contribution in [3.05, 3.63) is 156 Å². The van der Waals surface area contributed by atoms with Crippen molar-refractivity contribution in [1.82, 2.24) is 0 Å². The average Bonchev–Trinajstić information content (AvgIpc) is 2.91. The molecule has 0 saturated carbocycles. The summed E-state index contributed by atoms with van der Waals surface area (Å²) < 4.78 is 0. The standard InChI is InChI=1S/C33H27NO/c1-25-12-16-29(17-13-25)34(31-20-22-32(35)23-21-31)30-18-14-26(15-19-30)24-33(27-8-4-2-5-9-27)28-10-6-3-7-11-28/h2-24,35H,1H3. The summed E-state index contributed by atoms with van der Waals surface area (Å²) in [7, 11) is 0. The third kappa shape index (κ3) is 5.18. The van der Waals surface area contributed by atoms with Gasteiger partial charge in [0.25, 0.3) is 0 Å². The van der Waals surface area contributed by atoms with E-state index in [1.807, 2.05) is 24.3 Å². The molecule has 5 aromatic carbocycles. The lowest BCUT2D eigenvalue weighted by molar-refractivity contribution is 0.475. The third-order valence-corrected chi connectivity index (χ3v) is 6.03. The van der Waals surface area contributed by atoms with Crippen LogP contribution in [0.3, 0.4) is 0 Å². The lowest BCUT2D eigenvalue weighted by Gasteiger charge is -2.25. The van der Waals surface area contributed by atoms with Crippen molar-refractivity contribution in [1.29, 1.82) is 0 Å². The average molecular weight is 454 g/mol. The molecule has 1 N–H and O–H groups in total. The fourth-order valence-corrected chi connectivity index (χ4v) is 4.20. The van der Waals surface area contributed by atoms with E-state index >= 15 is 0 Å². The molecule has 2 nitrogen and oxygen atoms in total. The summed E-state index contributed by atoms with van der Waals surface area (Å²) in [5, 5.41) is 9.80. The van der Waals surface area contributed by atoms with E-state index in [4.69, 9.17) is 0 Å². The fraction of sp³-hybridized carbons (Fsp3) is 0.0303. The number of phenols is 1. The van der Waals surface area contributed by atoms with Crippen LogP contribution in [0, 0.1) is 6.92 Å². The van der Waals surface area contributed by atoms with E-state index in [1.165, 1.54) is 22.3 Å². The second-order valence-corrected chi connectivity index (χ2v) is 8.57. The van der Waals surface area contributed by atoms with Crippen LogP contribution in [-0.2, 0) is 0 Å². The summed E-state index contributed by atoms with van der Waals surface area (Å²) in [5.41, 5.74) is 9.02. The highest BCUT2D eigenvalue weighted by Gasteiger charge is 2.13. The zero-order valence-electron chi connectivity index (χ0n) is 19.7. The second-order valence-electron chi connectivity index (χ2n) is 8.57. The molecule has 0 atom stereocenters. The first kappa shape index (κ1) is 22.2. The Morgan fingerprint density at radius 1 is 0.543 bits per heavy atom. The molecule has 0 saturated heterocycles. The van der Waals surface area contributed by atoms with Gasteiger partial charge in [-0.15, -0.1) is 0 Å². The highest BCUT2D eigenvalue weighted by molar-refractivity contribution is 5.91. The molecule has 5 aromatic rings. The third-order valence-electron chi connectivity index (χ3n) is 6.03. The first-order valence-corrected chi connectivity index (χ1v) is 11.8. The minimum absolute atomic E-state index is 0.257. The van der Waals surface area contributed by atoms with E-state index in [-0.39, 0.29) is 5.75 Å². The van der Waals surface area contributed by atoms with Crippen LogP contribution < -0.4 is 4.90 Å². The minimum atomic E-state index is 0.257. The SMILES string of the molecule is Cc1ccc(N(c2ccc(O)cc2)c2ccc(C=C(c3ccccc3)c3ccccc3)cc2)cc1. The molecule has 0 unspecified atom stereocenters. The molecule has 0 aliphatic rings. The molecule has 0 aliphatic carbocycles. The Labute approximate surface area is 207 Å². The molecule has 0 aliphatic heterocycles. The maximum absolute atomic E-state index is 9.80. The highest BCUT2D eigenvalue weighted by atomic mass is 16.3. The largest absolute Gasteiger partial charge is 0.508 e. The van der Waals surface area contributed by atoms with Crippen LogP contribution >= 0.6 is 0 Å². The Hall–Kier alpha value is -4.56. The van der Waals surface area contributed by atoms with Gasteiger partial charge in [-0.25, -0.2) is 0 Å². The second kappa shape index (κ2) is 10.1. The predicted molar refractivity (Wildman–Crippen MR) is 147 cm³/mol. The molecular weight excluding hydrogens is 426 g/mol. The van der Waals surface area contributed by atoms with E-state index in [0.717, 1.165) is 22.6 Å². The molecule has 0 amide bonds. The van der Waals surface area contributed by atoms with Crippen molar-refractivity contribution in [3.8, 4) is 5.75 Å². The highest BCUT2D eigenvalue weighted by Crippen LogP contribution is 2.36. The number of anilines is 3. The molecular formula is C33H27NO. The lowest BCUT2D eigenvalue weighted by atomic mass is 9.95. The maximum atomic E-state index is 9.80. The number of aryl methyl sites for hydroxylation is 1. The van der Waals surface area contributed by atoms with Crippen LogP contribution in [0.15, 0.2) is 133 Å². The molecule has 0 spiro atoms. The van der Waals surface area contributed by atoms with Crippen LogP contribution in [0.2, 0.25) is 0 Å². The first-order valence-electron chi connectivity index (χ1n) is 11.8. The normalized spacial score (nSPS) is 10.5. The van der Waals surface area contributed by atoms with Gasteiger partial charge in [0.15, 0.2) is 0 Å². The summed E-state index contributed by atoms with van der Waals surface area (Å²) in [6.07, 6.45) is 2.24. The first-order chi connectivity index (χ1) is 17.2. The van der Waals surface area contributed by atoms with Gasteiger partial charge in [0.2, 0.25) is 0 Å². The van der Waals surface area contributed by atoms with Crippen molar-refractivity contribution in [3.63, 3.8) is 0 Å². The lowest BCUT2D eigenvalue weighted by Crippen LogP contribution is -2.09. The van der Waals surface area contributed by atoms with Crippen LogP contribution in [0.25, 0.3) is 11.6 Å². The summed E-state index contributed by atoms with van der Waals surface area (Å²) >= 11 is 0. The molecule has 0 bridgehead atoms. The number of benzene rings is 5. The van der Waals surface area contributed by atoms with Gasteiger partial charge in [0, 0.05) is 17.1 Å². The number of hydrogen-bond acceptors (Lipinski definition) is 2. The molecule has 0 fully saturated rings. The van der Waals surface area contributed by atoms with E-state index in [2.05, 4.69) is 115 Å². The summed E-state index contributed by atoms with van der Waals surface area (Å²) in [5.74, 6) is 0.257. The monoisotopic (exact) mass is 453 g/mol. The summed E-state index contributed by atoms with van der Waals surface area (Å²) in [4.78, 5) is 2.20. The van der Waals surface area contributed by atoms with Crippen molar-refractivity contribution in [2.75, 3.05) is 4.90 Å². The summed E-state index contributed by atoms with van der Waals surface area (Å²) in [6, 6.07) is 45.4. The van der Waals surface area contributed by atoms with Crippen molar-refractivity contribution < 1.29 is 5.11 Å². The van der Waals surface area contributed by atoms with Gasteiger partial charge >= 0.3 is 0 Å². The Bertz CT molecular complexity index is 1320. The molecule has 0 aromatic heterocycles. The van der Waals surface area contributed by atoms with Crippen LogP contribution in [-0.4, -0.2) is 5.11 Å². The Kier molecular flexibility index (Phi) is 6.45. The Balaban J connectivity index is 1.55. The van der Waals surface area contributed by atoms with Crippen LogP contribution in [0.4, 0.5) is 17.1 Å². The van der Waals surface area contributed by atoms with Gasteiger partial charge in [0.05, 0.1) is 0 Å². The zero-order chi connectivity index (χ0) is 24.0. The van der Waals surface area contributed by atoms with Crippen molar-refractivity contribution in [2.45, 2.75) is 6.92 Å². The molecule has 2 heteroatoms. The zero-order valence-corrected chi connectivity index (χ0v) is 19.7. The van der Waals surface area contributed by atoms with Crippen LogP contribution in [0.5, 0.6) is 5.75 Å². The molecule has 5 rings (SSSR count). The minimum Gasteiger partial charge on any atom is -0.508 e. The number of hydrogen-bond donors (Lipinski definition) is 1. The van der Waals surface area contributed by atoms with Gasteiger partial charge in [-0.1, -0.05) is 90.5 Å². The van der Waals surface area contributed by atoms with Crippen molar-refractivity contribution in [2.24, 2.45) is 0 Å². The summed E-state index contributed by atoms with van der Waals surface area (Å²) in [6.45, 7) is 2.09. The quantitative estimate of drug-likeness (QED) is 0.260. The van der Waals surface area contributed by atoms with Gasteiger partial charge in [0.1, 0.15) is 5.75 Å². The van der Waals surface area contributed by atoms with E-state index in [9.17, 15) is 5.11 Å². The molecule has 0 radical (unpaired) electrons. The van der Waals surface area contributed by atoms with E-state index < -0.39 is 0 Å². The van der Waals surface area contributed by atoms with Gasteiger partial charge in [-0.2, -0.15) is 0 Å². The van der Waals surface area contributed by atoms with Gasteiger partial charge in [-0.3, -0.25) is 0 Å². The Morgan fingerprint density at radius 2 is 0.971 bits per heavy atom. The molecule has 0 heterocycles. The van der Waals surface area contributed by atoms with Crippen LogP contribution in [0.1, 0.15) is 22.3 Å². The number of nitrogens with zero attached hydrogens (tertiary/aromatic N) is 1.